The first-order chi connectivity index (χ1) is 8.18. The van der Waals surface area contributed by atoms with Crippen LogP contribution in [-0.4, -0.2) is 24.1 Å². The highest BCUT2D eigenvalue weighted by Crippen LogP contribution is 2.17. The van der Waals surface area contributed by atoms with E-state index in [1.807, 2.05) is 30.3 Å². The number of benzene rings is 1. The highest BCUT2D eigenvalue weighted by atomic mass is 32.2. The average molecular weight is 252 g/mol. The highest BCUT2D eigenvalue weighted by molar-refractivity contribution is 7.99. The van der Waals surface area contributed by atoms with E-state index < -0.39 is 5.97 Å². The van der Waals surface area contributed by atoms with Crippen molar-refractivity contribution in [1.29, 1.82) is 0 Å². The van der Waals surface area contributed by atoms with Gasteiger partial charge in [0.1, 0.15) is 12.2 Å². The molecule has 0 amide bonds. The van der Waals surface area contributed by atoms with Crippen molar-refractivity contribution in [3.8, 4) is 0 Å². The molecule has 0 N–H and O–H groups in total. The SMILES string of the molecule is CC(=O)CC(=O)OCCCSc1ccccc1. The molecular formula is C13H16O3S. The lowest BCUT2D eigenvalue weighted by molar-refractivity contribution is -0.145. The molecule has 0 atom stereocenters. The van der Waals surface area contributed by atoms with Crippen LogP contribution in [0.5, 0.6) is 0 Å². The Balaban J connectivity index is 2.05. The minimum Gasteiger partial charge on any atom is -0.465 e. The fourth-order valence-corrected chi connectivity index (χ4v) is 2.05. The number of ketones is 1. The maximum Gasteiger partial charge on any atom is 0.313 e. The van der Waals surface area contributed by atoms with Crippen LogP contribution in [0.4, 0.5) is 0 Å². The number of hydrogen-bond acceptors (Lipinski definition) is 4. The molecular weight excluding hydrogens is 236 g/mol. The van der Waals surface area contributed by atoms with Gasteiger partial charge in [-0.1, -0.05) is 18.2 Å². The van der Waals surface area contributed by atoms with Gasteiger partial charge in [-0.3, -0.25) is 9.59 Å². The van der Waals surface area contributed by atoms with Crippen LogP contribution in [0.3, 0.4) is 0 Å². The molecule has 17 heavy (non-hydrogen) atoms. The van der Waals surface area contributed by atoms with E-state index in [9.17, 15) is 9.59 Å². The molecule has 92 valence electrons. The number of thioether (sulfide) groups is 1. The Bertz CT molecular complexity index is 362. The molecule has 0 radical (unpaired) electrons. The summed E-state index contributed by atoms with van der Waals surface area (Å²) in [6.07, 6.45) is 0.676. The molecule has 1 aromatic rings. The Morgan fingerprint density at radius 2 is 1.94 bits per heavy atom. The van der Waals surface area contributed by atoms with Gasteiger partial charge in [-0.15, -0.1) is 11.8 Å². The van der Waals surface area contributed by atoms with E-state index in [-0.39, 0.29) is 12.2 Å². The Morgan fingerprint density at radius 3 is 2.59 bits per heavy atom. The monoisotopic (exact) mass is 252 g/mol. The van der Waals surface area contributed by atoms with Gasteiger partial charge in [0.05, 0.1) is 6.61 Å². The van der Waals surface area contributed by atoms with Crippen LogP contribution in [-0.2, 0) is 14.3 Å². The number of ether oxygens (including phenoxy) is 1. The molecule has 4 heteroatoms. The van der Waals surface area contributed by atoms with Crippen molar-refractivity contribution in [2.24, 2.45) is 0 Å². The van der Waals surface area contributed by atoms with E-state index in [2.05, 4.69) is 0 Å². The zero-order valence-corrected chi connectivity index (χ0v) is 10.7. The molecule has 0 saturated carbocycles. The van der Waals surface area contributed by atoms with Crippen LogP contribution in [0.25, 0.3) is 0 Å². The summed E-state index contributed by atoms with van der Waals surface area (Å²) in [6.45, 7) is 1.76. The first-order valence-electron chi connectivity index (χ1n) is 5.51. The Kier molecular flexibility index (Phi) is 6.40. The van der Waals surface area contributed by atoms with Crippen LogP contribution in [0.2, 0.25) is 0 Å². The van der Waals surface area contributed by atoms with Crippen LogP contribution in [0, 0.1) is 0 Å². The minimum atomic E-state index is -0.429. The largest absolute Gasteiger partial charge is 0.465 e. The van der Waals surface area contributed by atoms with Gasteiger partial charge < -0.3 is 4.74 Å². The molecule has 1 aromatic carbocycles. The molecule has 0 spiro atoms. The molecule has 0 bridgehead atoms. The quantitative estimate of drug-likeness (QED) is 0.324. The number of rotatable bonds is 7. The van der Waals surface area contributed by atoms with Gasteiger partial charge in [-0.25, -0.2) is 0 Å². The molecule has 0 heterocycles. The summed E-state index contributed by atoms with van der Waals surface area (Å²) in [5.41, 5.74) is 0. The van der Waals surface area contributed by atoms with E-state index in [0.717, 1.165) is 12.2 Å². The summed E-state index contributed by atoms with van der Waals surface area (Å²) in [7, 11) is 0. The van der Waals surface area contributed by atoms with Gasteiger partial charge >= 0.3 is 5.97 Å². The zero-order chi connectivity index (χ0) is 12.5. The van der Waals surface area contributed by atoms with Gasteiger partial charge in [0.25, 0.3) is 0 Å². The molecule has 3 nitrogen and oxygen atoms in total. The van der Waals surface area contributed by atoms with Crippen LogP contribution < -0.4 is 0 Å². The van der Waals surface area contributed by atoms with Gasteiger partial charge in [0.15, 0.2) is 0 Å². The number of Topliss-reactive ketones (excluding diaryl/α,β-unsaturated/α-hetero) is 1. The van der Waals surface area contributed by atoms with Crippen molar-refractivity contribution in [2.75, 3.05) is 12.4 Å². The second-order valence-corrected chi connectivity index (χ2v) is 4.78. The first-order valence-corrected chi connectivity index (χ1v) is 6.50. The van der Waals surface area contributed by atoms with Gasteiger partial charge in [0, 0.05) is 10.6 Å². The van der Waals surface area contributed by atoms with Crippen LogP contribution in [0.15, 0.2) is 35.2 Å². The summed E-state index contributed by atoms with van der Waals surface area (Å²) >= 11 is 1.73. The molecule has 0 unspecified atom stereocenters. The summed E-state index contributed by atoms with van der Waals surface area (Å²) in [5, 5.41) is 0. The van der Waals surface area contributed by atoms with Gasteiger partial charge in [-0.05, 0) is 25.5 Å². The summed E-state index contributed by atoms with van der Waals surface area (Å²) in [4.78, 5) is 22.9. The van der Waals surface area contributed by atoms with E-state index in [1.165, 1.54) is 11.8 Å². The smallest absolute Gasteiger partial charge is 0.313 e. The summed E-state index contributed by atoms with van der Waals surface area (Å²) in [6, 6.07) is 10.1. The summed E-state index contributed by atoms with van der Waals surface area (Å²) < 4.78 is 4.92. The van der Waals surface area contributed by atoms with Crippen LogP contribution in [0.1, 0.15) is 19.8 Å². The lowest BCUT2D eigenvalue weighted by Crippen LogP contribution is -2.10. The van der Waals surface area contributed by atoms with E-state index >= 15 is 0 Å². The Labute approximate surface area is 106 Å². The molecule has 0 aliphatic rings. The average Bonchev–Trinajstić information content (AvgIpc) is 2.29. The topological polar surface area (TPSA) is 43.4 Å². The lowest BCUT2D eigenvalue weighted by atomic mass is 10.3. The summed E-state index contributed by atoms with van der Waals surface area (Å²) in [5.74, 6) is 0.313. The maximum atomic E-state index is 11.0. The van der Waals surface area contributed by atoms with Gasteiger partial charge in [0.2, 0.25) is 0 Å². The van der Waals surface area contributed by atoms with Crippen molar-refractivity contribution in [3.05, 3.63) is 30.3 Å². The highest BCUT2D eigenvalue weighted by Gasteiger charge is 2.05. The van der Waals surface area contributed by atoms with Crippen molar-refractivity contribution < 1.29 is 14.3 Å². The molecule has 1 rings (SSSR count). The molecule has 0 saturated heterocycles. The standard InChI is InChI=1S/C13H16O3S/c1-11(14)10-13(15)16-8-5-9-17-12-6-3-2-4-7-12/h2-4,6-7H,5,8-10H2,1H3. The molecule has 0 aliphatic carbocycles. The number of carbonyl (C=O) groups is 2. The predicted molar refractivity (Wildman–Crippen MR) is 68.0 cm³/mol. The lowest BCUT2D eigenvalue weighted by Gasteiger charge is -2.03. The van der Waals surface area contributed by atoms with E-state index in [0.29, 0.717) is 6.61 Å². The molecule has 0 fully saturated rings. The number of esters is 1. The zero-order valence-electron chi connectivity index (χ0n) is 9.85. The van der Waals surface area contributed by atoms with E-state index in [4.69, 9.17) is 4.74 Å². The third kappa shape index (κ3) is 6.79. The fraction of sp³-hybridized carbons (Fsp3) is 0.385. The van der Waals surface area contributed by atoms with Crippen molar-refractivity contribution in [2.45, 2.75) is 24.7 Å². The minimum absolute atomic E-state index is 0.119. The van der Waals surface area contributed by atoms with Crippen molar-refractivity contribution in [3.63, 3.8) is 0 Å². The number of hydrogen-bond donors (Lipinski definition) is 0. The third-order valence-corrected chi connectivity index (χ3v) is 3.06. The van der Waals surface area contributed by atoms with Crippen molar-refractivity contribution in [1.82, 2.24) is 0 Å². The normalized spacial score (nSPS) is 9.94. The van der Waals surface area contributed by atoms with Crippen molar-refractivity contribution >= 4 is 23.5 Å². The Hall–Kier alpha value is -1.29. The molecule has 0 aliphatic heterocycles. The Morgan fingerprint density at radius 1 is 1.24 bits per heavy atom. The second kappa shape index (κ2) is 7.90. The van der Waals surface area contributed by atoms with E-state index in [1.54, 1.807) is 11.8 Å². The second-order valence-electron chi connectivity index (χ2n) is 3.61. The maximum absolute atomic E-state index is 11.0. The third-order valence-electron chi connectivity index (χ3n) is 1.96. The fourth-order valence-electron chi connectivity index (χ4n) is 1.21. The predicted octanol–water partition coefficient (Wildman–Crippen LogP) is 2.69. The van der Waals surface area contributed by atoms with Gasteiger partial charge in [-0.2, -0.15) is 0 Å². The molecule has 0 aromatic heterocycles. The number of carbonyl (C=O) groups excluding carboxylic acids is 2. The van der Waals surface area contributed by atoms with Crippen LogP contribution >= 0.6 is 11.8 Å². The first kappa shape index (κ1) is 13.8.